The first-order valence-electron chi connectivity index (χ1n) is 9.94. The number of aliphatic carboxylic acids is 1. The van der Waals surface area contributed by atoms with Gasteiger partial charge in [-0.15, -0.1) is 0 Å². The molecule has 0 saturated carbocycles. The lowest BCUT2D eigenvalue weighted by Crippen LogP contribution is -2.32. The third-order valence-electron chi connectivity index (χ3n) is 5.73. The van der Waals surface area contributed by atoms with Crippen LogP contribution < -0.4 is 0 Å². The van der Waals surface area contributed by atoms with Gasteiger partial charge in [0.05, 0.1) is 0 Å². The van der Waals surface area contributed by atoms with Crippen LogP contribution in [-0.2, 0) is 4.79 Å². The van der Waals surface area contributed by atoms with Gasteiger partial charge in [-0.2, -0.15) is 0 Å². The summed E-state index contributed by atoms with van der Waals surface area (Å²) in [4.78, 5) is 11.0. The van der Waals surface area contributed by atoms with Gasteiger partial charge in [0.25, 0.3) is 0 Å². The van der Waals surface area contributed by atoms with Crippen molar-refractivity contribution in [3.63, 3.8) is 0 Å². The van der Waals surface area contributed by atoms with Crippen molar-refractivity contribution < 1.29 is 9.90 Å². The zero-order chi connectivity index (χ0) is 19.2. The Labute approximate surface area is 158 Å². The van der Waals surface area contributed by atoms with Crippen LogP contribution in [0.25, 0.3) is 0 Å². The van der Waals surface area contributed by atoms with Crippen molar-refractivity contribution in [3.05, 3.63) is 27.7 Å². The fraction of sp³-hybridized carbons (Fsp3) is 0.783. The minimum absolute atomic E-state index is 0.220. The van der Waals surface area contributed by atoms with Gasteiger partial charge in [-0.05, 0) is 109 Å². The Morgan fingerprint density at radius 2 is 1.12 bits per heavy atom. The lowest BCUT2D eigenvalue weighted by atomic mass is 9.65. The number of rotatable bonds is 16. The number of carbonyl (C=O) groups is 1. The smallest absolute Gasteiger partial charge is 0.303 e. The Bertz CT molecular complexity index is 304. The highest BCUT2D eigenvalue weighted by atomic mass is 16.4. The van der Waals surface area contributed by atoms with Crippen LogP contribution in [0.2, 0.25) is 0 Å². The molecular formula is C23H38O2. The summed E-state index contributed by atoms with van der Waals surface area (Å²) >= 11 is 0. The summed E-state index contributed by atoms with van der Waals surface area (Å²) < 4.78 is 0. The maximum absolute atomic E-state index is 11.0. The largest absolute Gasteiger partial charge is 0.481 e. The molecule has 8 radical (unpaired) electrons. The summed E-state index contributed by atoms with van der Waals surface area (Å²) in [7, 11) is 0. The molecule has 0 aliphatic heterocycles. The standard InChI is InChI=1S/C23H38O2/c1-7-12-18(5)20(14-9-3)22(16-11-17-23(24)25)21(15-10-4)19(6)13-8-2/h1-4,18-22H,7-17H2,5-6H3,(H,24,25). The van der Waals surface area contributed by atoms with E-state index in [0.717, 1.165) is 32.1 Å². The number of carboxylic acid groups (broad SMARTS) is 1. The van der Waals surface area contributed by atoms with Crippen molar-refractivity contribution in [1.82, 2.24) is 0 Å². The molecule has 142 valence electrons. The molecule has 4 unspecified atom stereocenters. The van der Waals surface area contributed by atoms with Gasteiger partial charge in [0.1, 0.15) is 0 Å². The van der Waals surface area contributed by atoms with Gasteiger partial charge in [0.15, 0.2) is 0 Å². The van der Waals surface area contributed by atoms with E-state index in [2.05, 4.69) is 13.8 Å². The molecule has 0 aromatic heterocycles. The molecule has 0 aliphatic carbocycles. The molecule has 2 nitrogen and oxygen atoms in total. The van der Waals surface area contributed by atoms with Gasteiger partial charge < -0.3 is 5.11 Å². The Kier molecular flexibility index (Phi) is 14.3. The first-order chi connectivity index (χ1) is 11.9. The fourth-order valence-corrected chi connectivity index (χ4v) is 4.41. The van der Waals surface area contributed by atoms with E-state index in [1.807, 2.05) is 0 Å². The van der Waals surface area contributed by atoms with Crippen LogP contribution >= 0.6 is 0 Å². The number of hydrogen-bond acceptors (Lipinski definition) is 1. The predicted octanol–water partition coefficient (Wildman–Crippen LogP) is 6.33. The van der Waals surface area contributed by atoms with Crippen molar-refractivity contribution in [3.8, 4) is 0 Å². The summed E-state index contributed by atoms with van der Waals surface area (Å²) in [6.07, 6.45) is 8.32. The first kappa shape index (κ1) is 24.5. The molecule has 0 saturated heterocycles. The highest BCUT2D eigenvalue weighted by molar-refractivity contribution is 5.66. The average molecular weight is 347 g/mol. The summed E-state index contributed by atoms with van der Waals surface area (Å²) in [5.41, 5.74) is 0. The van der Waals surface area contributed by atoms with Gasteiger partial charge in [-0.1, -0.05) is 26.7 Å². The Hall–Kier alpha value is -0.530. The summed E-state index contributed by atoms with van der Waals surface area (Å²) in [5, 5.41) is 9.02. The maximum atomic E-state index is 11.0. The van der Waals surface area contributed by atoms with E-state index in [-0.39, 0.29) is 6.42 Å². The lowest BCUT2D eigenvalue weighted by Gasteiger charge is -2.40. The van der Waals surface area contributed by atoms with Crippen LogP contribution in [0.1, 0.15) is 84.5 Å². The minimum atomic E-state index is -0.727. The second-order valence-electron chi connectivity index (χ2n) is 7.54. The van der Waals surface area contributed by atoms with E-state index in [1.54, 1.807) is 0 Å². The fourth-order valence-electron chi connectivity index (χ4n) is 4.41. The zero-order valence-electron chi connectivity index (χ0n) is 16.3. The molecule has 0 fully saturated rings. The van der Waals surface area contributed by atoms with Crippen LogP contribution in [-0.4, -0.2) is 11.1 Å². The summed E-state index contributed by atoms with van der Waals surface area (Å²) in [6, 6.07) is 0. The van der Waals surface area contributed by atoms with E-state index in [1.165, 1.54) is 0 Å². The number of carboxylic acids is 1. The Balaban J connectivity index is 5.43. The van der Waals surface area contributed by atoms with Crippen molar-refractivity contribution in [2.24, 2.45) is 29.6 Å². The van der Waals surface area contributed by atoms with Crippen LogP contribution in [0.3, 0.4) is 0 Å². The second kappa shape index (κ2) is 14.6. The number of hydrogen-bond donors (Lipinski definition) is 1. The monoisotopic (exact) mass is 346 g/mol. The van der Waals surface area contributed by atoms with Crippen LogP contribution in [0, 0.1) is 57.3 Å². The third-order valence-corrected chi connectivity index (χ3v) is 5.73. The SMILES string of the molecule is [CH]CCC(C)C(CC[CH])C(CCCC(=O)O)C(CC[CH])C(C)CC[CH]. The first-order valence-corrected chi connectivity index (χ1v) is 9.94. The van der Waals surface area contributed by atoms with Crippen molar-refractivity contribution in [1.29, 1.82) is 0 Å². The molecule has 0 aromatic rings. The summed E-state index contributed by atoms with van der Waals surface area (Å²) in [5.74, 6) is 1.57. The topological polar surface area (TPSA) is 37.3 Å². The van der Waals surface area contributed by atoms with E-state index < -0.39 is 5.97 Å². The lowest BCUT2D eigenvalue weighted by molar-refractivity contribution is -0.137. The molecule has 2 heteroatoms. The molecule has 0 bridgehead atoms. The van der Waals surface area contributed by atoms with Crippen LogP contribution in [0.5, 0.6) is 0 Å². The van der Waals surface area contributed by atoms with E-state index in [4.69, 9.17) is 32.8 Å². The molecule has 0 rings (SSSR count). The van der Waals surface area contributed by atoms with Crippen molar-refractivity contribution in [2.75, 3.05) is 0 Å². The highest BCUT2D eigenvalue weighted by Gasteiger charge is 2.34. The van der Waals surface area contributed by atoms with Gasteiger partial charge in [0.2, 0.25) is 0 Å². The molecule has 0 amide bonds. The van der Waals surface area contributed by atoms with Gasteiger partial charge in [-0.3, -0.25) is 4.79 Å². The molecule has 0 aliphatic rings. The Morgan fingerprint density at radius 3 is 1.44 bits per heavy atom. The van der Waals surface area contributed by atoms with Crippen LogP contribution in [0.4, 0.5) is 0 Å². The molecule has 0 spiro atoms. The third kappa shape index (κ3) is 9.66. The van der Waals surface area contributed by atoms with Gasteiger partial charge >= 0.3 is 5.97 Å². The van der Waals surface area contributed by atoms with Crippen molar-refractivity contribution in [2.45, 2.75) is 84.5 Å². The molecule has 4 atom stereocenters. The highest BCUT2D eigenvalue weighted by Crippen LogP contribution is 2.42. The molecular weight excluding hydrogens is 308 g/mol. The van der Waals surface area contributed by atoms with Crippen molar-refractivity contribution >= 4 is 5.97 Å². The second-order valence-corrected chi connectivity index (χ2v) is 7.54. The van der Waals surface area contributed by atoms with E-state index in [9.17, 15) is 4.79 Å². The van der Waals surface area contributed by atoms with Gasteiger partial charge in [-0.25, -0.2) is 0 Å². The maximum Gasteiger partial charge on any atom is 0.303 e. The summed E-state index contributed by atoms with van der Waals surface area (Å²) in [6.45, 7) is 27.9. The van der Waals surface area contributed by atoms with Gasteiger partial charge in [0, 0.05) is 6.42 Å². The molecule has 25 heavy (non-hydrogen) atoms. The predicted molar refractivity (Wildman–Crippen MR) is 104 cm³/mol. The van der Waals surface area contributed by atoms with E-state index in [0.29, 0.717) is 61.7 Å². The van der Waals surface area contributed by atoms with E-state index >= 15 is 0 Å². The molecule has 1 N–H and O–H groups in total. The Morgan fingerprint density at radius 1 is 0.720 bits per heavy atom. The quantitative estimate of drug-likeness (QED) is 0.355. The molecule has 0 heterocycles. The zero-order valence-corrected chi connectivity index (χ0v) is 16.3. The normalized spacial score (nSPS) is 17.7. The molecule has 0 aromatic carbocycles. The minimum Gasteiger partial charge on any atom is -0.481 e. The average Bonchev–Trinajstić information content (AvgIpc) is 2.55. The van der Waals surface area contributed by atoms with Crippen LogP contribution in [0.15, 0.2) is 0 Å².